The maximum atomic E-state index is 13.4. The van der Waals surface area contributed by atoms with Gasteiger partial charge in [-0.1, -0.05) is 263 Å². The summed E-state index contributed by atoms with van der Waals surface area (Å²) in [6.07, 6.45) is 76.0. The summed E-state index contributed by atoms with van der Waals surface area (Å²) in [6, 6.07) is -1.06. The average molecular weight is 1180 g/mol. The molecule has 0 spiro atoms. The zero-order valence-electron chi connectivity index (χ0n) is 53.4. The highest BCUT2D eigenvalue weighted by Gasteiger charge is 2.47. The summed E-state index contributed by atoms with van der Waals surface area (Å²) in [5.74, 6) is -1.26. The van der Waals surface area contributed by atoms with Crippen LogP contribution in [0.1, 0.15) is 245 Å². The normalized spacial score (nSPS) is 19.4. The van der Waals surface area contributed by atoms with E-state index in [0.29, 0.717) is 19.3 Å². The Morgan fingerprint density at radius 1 is 0.471 bits per heavy atom. The van der Waals surface area contributed by atoms with E-state index in [-0.39, 0.29) is 19.4 Å². The first-order valence-corrected chi connectivity index (χ1v) is 33.6. The van der Waals surface area contributed by atoms with E-state index in [9.17, 15) is 35.1 Å². The van der Waals surface area contributed by atoms with Gasteiger partial charge in [0.15, 0.2) is 12.4 Å². The van der Waals surface area contributed by atoms with Crippen molar-refractivity contribution in [3.8, 4) is 0 Å². The van der Waals surface area contributed by atoms with E-state index >= 15 is 0 Å². The largest absolute Gasteiger partial charge is 0.454 e. The van der Waals surface area contributed by atoms with Crippen LogP contribution in [-0.2, 0) is 23.8 Å². The molecule has 8 atom stereocenters. The van der Waals surface area contributed by atoms with Crippen molar-refractivity contribution in [3.63, 3.8) is 0 Å². The van der Waals surface area contributed by atoms with E-state index in [0.717, 1.165) is 128 Å². The molecule has 0 aromatic rings. The Morgan fingerprint density at radius 3 is 1.27 bits per heavy atom. The number of aliphatic hydroxyl groups is 5. The van der Waals surface area contributed by atoms with Gasteiger partial charge in [0.1, 0.15) is 24.4 Å². The number of carbonyl (C=O) groups excluding carboxylic acids is 2. The molecule has 0 aliphatic carbocycles. The van der Waals surface area contributed by atoms with Gasteiger partial charge >= 0.3 is 5.97 Å². The van der Waals surface area contributed by atoms with Crippen LogP contribution in [0.5, 0.6) is 0 Å². The highest BCUT2D eigenvalue weighted by molar-refractivity contribution is 5.80. The lowest BCUT2D eigenvalue weighted by atomic mass is 9.99. The van der Waals surface area contributed by atoms with E-state index in [1.165, 1.54) is 64.2 Å². The van der Waals surface area contributed by atoms with Crippen molar-refractivity contribution < 1.29 is 49.3 Å². The van der Waals surface area contributed by atoms with Crippen LogP contribution in [0.3, 0.4) is 0 Å². The SMILES string of the molecule is CC/C=C\C/C=C\C/C=C\C/C=C\C/C=C\C/C=C\CCCC(O)C(=O)NC(COC1OC(CO)C(O)C(O)C1OC(=O)CCCCCCCCCCC/C=C\C/C=C\C/C=C\C/C=C\C/C=C\CC)C(O)/C=C/CCCCCCCCCCC. The minimum absolute atomic E-state index is 0.102. The van der Waals surface area contributed by atoms with Crippen LogP contribution in [0.25, 0.3) is 0 Å². The molecule has 1 rings (SSSR count). The molecule has 0 saturated carbocycles. The number of hydrogen-bond acceptors (Lipinski definition) is 10. The summed E-state index contributed by atoms with van der Waals surface area (Å²) in [4.78, 5) is 26.6. The van der Waals surface area contributed by atoms with Crippen molar-refractivity contribution >= 4 is 11.9 Å². The van der Waals surface area contributed by atoms with Crippen LogP contribution in [0.2, 0.25) is 0 Å². The summed E-state index contributed by atoms with van der Waals surface area (Å²) < 4.78 is 17.6. The zero-order chi connectivity index (χ0) is 61.7. The quantitative estimate of drug-likeness (QED) is 0.0195. The average Bonchev–Trinajstić information content (AvgIpc) is 3.60. The Balaban J connectivity index is 2.63. The Bertz CT molecular complexity index is 1940. The van der Waals surface area contributed by atoms with E-state index in [1.54, 1.807) is 6.08 Å². The third-order valence-corrected chi connectivity index (χ3v) is 14.7. The second-order valence-corrected chi connectivity index (χ2v) is 22.4. The Morgan fingerprint density at radius 2 is 0.847 bits per heavy atom. The molecule has 11 heteroatoms. The van der Waals surface area contributed by atoms with Gasteiger partial charge in [0.2, 0.25) is 5.91 Å². The number of amides is 1. The molecule has 1 amide bonds. The number of ether oxygens (including phenoxy) is 3. The molecule has 1 aliphatic heterocycles. The van der Waals surface area contributed by atoms with Gasteiger partial charge in [-0.2, -0.15) is 0 Å². The molecule has 1 saturated heterocycles. The van der Waals surface area contributed by atoms with E-state index in [1.807, 2.05) is 12.2 Å². The van der Waals surface area contributed by atoms with Gasteiger partial charge in [-0.05, 0) is 122 Å². The molecule has 85 heavy (non-hydrogen) atoms. The number of unbranched alkanes of at least 4 members (excludes halogenated alkanes) is 19. The molecule has 1 heterocycles. The van der Waals surface area contributed by atoms with Crippen LogP contribution in [0.4, 0.5) is 0 Å². The summed E-state index contributed by atoms with van der Waals surface area (Å²) in [6.45, 7) is 5.52. The van der Waals surface area contributed by atoms with Crippen molar-refractivity contribution in [1.82, 2.24) is 5.32 Å². The molecule has 0 aromatic heterocycles. The van der Waals surface area contributed by atoms with Gasteiger partial charge in [-0.3, -0.25) is 9.59 Å². The molecule has 8 unspecified atom stereocenters. The molecule has 0 bridgehead atoms. The second kappa shape index (κ2) is 59.9. The van der Waals surface area contributed by atoms with Crippen molar-refractivity contribution in [1.29, 1.82) is 0 Å². The molecule has 11 nitrogen and oxygen atoms in total. The van der Waals surface area contributed by atoms with E-state index in [4.69, 9.17) is 14.2 Å². The lowest BCUT2D eigenvalue weighted by Gasteiger charge is -2.41. The predicted octanol–water partition coefficient (Wildman–Crippen LogP) is 16.9. The molecule has 1 fully saturated rings. The first kappa shape index (κ1) is 78.6. The zero-order valence-corrected chi connectivity index (χ0v) is 53.4. The smallest absolute Gasteiger partial charge is 0.306 e. The Kier molecular flexibility index (Phi) is 55.3. The van der Waals surface area contributed by atoms with Crippen LogP contribution >= 0.6 is 0 Å². The predicted molar refractivity (Wildman–Crippen MR) is 356 cm³/mol. The monoisotopic (exact) mass is 1180 g/mol. The number of carbonyl (C=O) groups is 2. The van der Waals surface area contributed by atoms with Gasteiger partial charge in [0, 0.05) is 6.42 Å². The minimum Gasteiger partial charge on any atom is -0.454 e. The fraction of sp³-hybridized carbons (Fsp3) is 0.649. The highest BCUT2D eigenvalue weighted by Crippen LogP contribution is 2.26. The topological polar surface area (TPSA) is 175 Å². The molecular weight excluding hydrogens is 1060 g/mol. The van der Waals surface area contributed by atoms with Gasteiger partial charge in [-0.25, -0.2) is 0 Å². The van der Waals surface area contributed by atoms with E-state index in [2.05, 4.69) is 154 Å². The number of hydrogen-bond donors (Lipinski definition) is 6. The molecule has 0 radical (unpaired) electrons. The maximum Gasteiger partial charge on any atom is 0.306 e. The number of aliphatic hydroxyl groups excluding tert-OH is 5. The maximum absolute atomic E-state index is 13.4. The highest BCUT2D eigenvalue weighted by atomic mass is 16.7. The summed E-state index contributed by atoms with van der Waals surface area (Å²) in [5, 5.41) is 57.1. The van der Waals surface area contributed by atoms with Crippen LogP contribution in [-0.4, -0.2) is 99.6 Å². The van der Waals surface area contributed by atoms with Gasteiger partial charge in [0.05, 0.1) is 25.4 Å². The van der Waals surface area contributed by atoms with Gasteiger partial charge in [-0.15, -0.1) is 0 Å². The standard InChI is InChI=1S/C74H121NO10/c1-4-7-10-13-16-19-22-24-26-28-30-32-33-34-35-36-38-40-42-44-47-50-53-56-59-62-69(79)85-72-71(81)70(80)68(63-76)84-74(72)83-64-65(66(77)60-57-54-51-48-45-21-18-15-12-9-6-3)75-73(82)67(78)61-58-55-52-49-46-43-41-39-37-31-29-27-25-23-20-17-14-11-8-5-2/h7-8,10-11,16-17,19-20,24-27,30-32,34-35,37,41,43,49,52,57,60,65-68,70-72,74,76-78,80-81H,4-6,9,12-15,18,21-23,28-29,33,36,38-40,42,44-48,50-51,53-56,58-59,61-64H2,1-3H3,(H,75,82)/b10-7-,11-8-,19-16-,20-17-,26-24-,27-25-,32-30-,35-34-,37-31-,43-41-,52-49-,60-57+. The molecule has 482 valence electrons. The third-order valence-electron chi connectivity index (χ3n) is 14.7. The van der Waals surface area contributed by atoms with Gasteiger partial charge in [0.25, 0.3) is 0 Å². The van der Waals surface area contributed by atoms with Crippen LogP contribution < -0.4 is 5.32 Å². The minimum atomic E-state index is -1.64. The summed E-state index contributed by atoms with van der Waals surface area (Å²) >= 11 is 0. The fourth-order valence-corrected chi connectivity index (χ4v) is 9.51. The van der Waals surface area contributed by atoms with E-state index < -0.39 is 67.4 Å². The molecular formula is C74H121NO10. The van der Waals surface area contributed by atoms with Crippen LogP contribution in [0, 0.1) is 0 Å². The van der Waals surface area contributed by atoms with Gasteiger partial charge < -0.3 is 45.1 Å². The summed E-state index contributed by atoms with van der Waals surface area (Å²) in [7, 11) is 0. The Hall–Kier alpha value is -4.46. The van der Waals surface area contributed by atoms with Crippen molar-refractivity contribution in [3.05, 3.63) is 146 Å². The third kappa shape index (κ3) is 47.3. The number of rotatable bonds is 55. The molecule has 1 aliphatic rings. The Labute approximate surface area is 517 Å². The molecule has 6 N–H and O–H groups in total. The number of allylic oxidation sites excluding steroid dienone is 23. The van der Waals surface area contributed by atoms with Crippen molar-refractivity contribution in [2.24, 2.45) is 0 Å². The number of nitrogens with one attached hydrogen (secondary N) is 1. The van der Waals surface area contributed by atoms with Crippen molar-refractivity contribution in [2.75, 3.05) is 13.2 Å². The molecule has 0 aromatic carbocycles. The number of esters is 1. The fourth-order valence-electron chi connectivity index (χ4n) is 9.51. The summed E-state index contributed by atoms with van der Waals surface area (Å²) in [5.41, 5.74) is 0. The van der Waals surface area contributed by atoms with Crippen LogP contribution in [0.15, 0.2) is 146 Å². The second-order valence-electron chi connectivity index (χ2n) is 22.4. The first-order valence-electron chi connectivity index (χ1n) is 33.6. The van der Waals surface area contributed by atoms with Crippen molar-refractivity contribution in [2.45, 2.75) is 294 Å². The first-order chi connectivity index (χ1) is 41.7. The lowest BCUT2D eigenvalue weighted by molar-refractivity contribution is -0.305. The lowest BCUT2D eigenvalue weighted by Crippen LogP contribution is -2.61.